The highest BCUT2D eigenvalue weighted by atomic mass is 32.1. The van der Waals surface area contributed by atoms with Gasteiger partial charge in [0.2, 0.25) is 0 Å². The number of carbonyl (C=O) groups is 2. The molecule has 0 amide bonds. The van der Waals surface area contributed by atoms with Crippen molar-refractivity contribution in [1.29, 1.82) is 0 Å². The second-order valence-electron chi connectivity index (χ2n) is 4.05. The van der Waals surface area contributed by atoms with E-state index in [1.807, 2.05) is 14.1 Å². The molecule has 1 rings (SSSR count). The number of carbonyl (C=O) groups excluding carboxylic acids is 2. The zero-order chi connectivity index (χ0) is 14.4. The molecular formula is C13H17NO4S. The van der Waals surface area contributed by atoms with Gasteiger partial charge >= 0.3 is 5.97 Å². The second kappa shape index (κ2) is 6.94. The first kappa shape index (κ1) is 15.2. The summed E-state index contributed by atoms with van der Waals surface area (Å²) < 4.78 is 10.1. The quantitative estimate of drug-likeness (QED) is 0.590. The topological polar surface area (TPSA) is 55.8 Å². The molecule has 0 aromatic carbocycles. The molecule has 0 radical (unpaired) electrons. The Balaban J connectivity index is 2.72. The van der Waals surface area contributed by atoms with E-state index in [2.05, 4.69) is 4.74 Å². The summed E-state index contributed by atoms with van der Waals surface area (Å²) >= 11 is 1.22. The molecule has 0 saturated carbocycles. The number of nitrogens with zero attached hydrogens (tertiary/aromatic N) is 1. The average molecular weight is 283 g/mol. The molecule has 1 atom stereocenters. The number of hydrogen-bond donors (Lipinski definition) is 0. The molecule has 0 aliphatic rings. The molecule has 104 valence electrons. The van der Waals surface area contributed by atoms with Gasteiger partial charge in [-0.3, -0.25) is 4.79 Å². The first-order valence-corrected chi connectivity index (χ1v) is 6.54. The van der Waals surface area contributed by atoms with E-state index >= 15 is 0 Å². The minimum Gasteiger partial charge on any atom is -0.481 e. The summed E-state index contributed by atoms with van der Waals surface area (Å²) in [6.45, 7) is 1.64. The van der Waals surface area contributed by atoms with Crippen molar-refractivity contribution in [3.05, 3.63) is 28.6 Å². The van der Waals surface area contributed by atoms with Crippen LogP contribution in [0.3, 0.4) is 0 Å². The number of rotatable bonds is 6. The minimum atomic E-state index is -0.658. The Hall–Kier alpha value is -1.82. The Morgan fingerprint density at radius 1 is 1.42 bits per heavy atom. The molecule has 6 heteroatoms. The molecule has 19 heavy (non-hydrogen) atoms. The summed E-state index contributed by atoms with van der Waals surface area (Å²) in [5.41, 5.74) is 0. The number of esters is 1. The van der Waals surface area contributed by atoms with Crippen LogP contribution < -0.4 is 4.74 Å². The van der Waals surface area contributed by atoms with Gasteiger partial charge < -0.3 is 14.4 Å². The molecule has 1 aromatic rings. The van der Waals surface area contributed by atoms with Crippen molar-refractivity contribution in [3.63, 3.8) is 0 Å². The summed E-state index contributed by atoms with van der Waals surface area (Å²) in [4.78, 5) is 25.4. The van der Waals surface area contributed by atoms with Crippen LogP contribution in [-0.4, -0.2) is 44.0 Å². The van der Waals surface area contributed by atoms with E-state index in [0.29, 0.717) is 10.6 Å². The molecule has 0 N–H and O–H groups in total. The zero-order valence-electron chi connectivity index (χ0n) is 11.4. The number of ketones is 1. The van der Waals surface area contributed by atoms with E-state index in [1.165, 1.54) is 24.5 Å². The monoisotopic (exact) mass is 283 g/mol. The van der Waals surface area contributed by atoms with Crippen molar-refractivity contribution in [1.82, 2.24) is 4.90 Å². The van der Waals surface area contributed by atoms with Gasteiger partial charge in [-0.1, -0.05) is 0 Å². The number of hydrogen-bond acceptors (Lipinski definition) is 6. The largest absolute Gasteiger partial charge is 0.481 e. The number of thiophene rings is 1. The van der Waals surface area contributed by atoms with Crippen molar-refractivity contribution < 1.29 is 19.1 Å². The fraction of sp³-hybridized carbons (Fsp3) is 0.385. The van der Waals surface area contributed by atoms with Crippen molar-refractivity contribution in [2.45, 2.75) is 13.0 Å². The van der Waals surface area contributed by atoms with Gasteiger partial charge in [-0.15, -0.1) is 11.3 Å². The van der Waals surface area contributed by atoms with E-state index in [1.54, 1.807) is 29.5 Å². The van der Waals surface area contributed by atoms with Crippen molar-refractivity contribution in [2.24, 2.45) is 0 Å². The van der Waals surface area contributed by atoms with E-state index in [-0.39, 0.29) is 5.78 Å². The maximum Gasteiger partial charge on any atom is 0.351 e. The Morgan fingerprint density at radius 3 is 2.68 bits per heavy atom. The van der Waals surface area contributed by atoms with Gasteiger partial charge in [-0.2, -0.15) is 0 Å². The third kappa shape index (κ3) is 4.40. The van der Waals surface area contributed by atoms with Crippen LogP contribution in [0, 0.1) is 0 Å². The lowest BCUT2D eigenvalue weighted by atomic mass is 10.2. The summed E-state index contributed by atoms with van der Waals surface area (Å²) in [6, 6.07) is 1.65. The number of methoxy groups -OCH3 is 1. The molecule has 1 heterocycles. The minimum absolute atomic E-state index is 0.171. The lowest BCUT2D eigenvalue weighted by Gasteiger charge is -2.12. The van der Waals surface area contributed by atoms with Crippen LogP contribution in [0.5, 0.6) is 5.75 Å². The Kier molecular flexibility index (Phi) is 5.57. The predicted molar refractivity (Wildman–Crippen MR) is 73.6 cm³/mol. The van der Waals surface area contributed by atoms with Gasteiger partial charge in [0.25, 0.3) is 0 Å². The molecule has 5 nitrogen and oxygen atoms in total. The van der Waals surface area contributed by atoms with Gasteiger partial charge in [0.05, 0.1) is 7.11 Å². The summed E-state index contributed by atoms with van der Waals surface area (Å²) in [7, 11) is 4.95. The molecule has 0 bridgehead atoms. The molecule has 0 fully saturated rings. The fourth-order valence-electron chi connectivity index (χ4n) is 1.24. The van der Waals surface area contributed by atoms with Crippen LogP contribution in [0.2, 0.25) is 0 Å². The van der Waals surface area contributed by atoms with Gasteiger partial charge in [-0.25, -0.2) is 4.79 Å². The lowest BCUT2D eigenvalue weighted by molar-refractivity contribution is -0.120. The van der Waals surface area contributed by atoms with Gasteiger partial charge in [0, 0.05) is 26.4 Å². The van der Waals surface area contributed by atoms with E-state index in [9.17, 15) is 9.59 Å². The van der Waals surface area contributed by atoms with Crippen molar-refractivity contribution in [3.8, 4) is 5.75 Å². The first-order chi connectivity index (χ1) is 8.95. The van der Waals surface area contributed by atoms with Gasteiger partial charge in [0.15, 0.2) is 16.8 Å². The van der Waals surface area contributed by atoms with Crippen molar-refractivity contribution in [2.75, 3.05) is 21.2 Å². The fourth-order valence-corrected chi connectivity index (χ4v) is 1.98. The van der Waals surface area contributed by atoms with Crippen LogP contribution in [0.1, 0.15) is 16.6 Å². The lowest BCUT2D eigenvalue weighted by Crippen LogP contribution is -2.23. The molecule has 0 aliphatic heterocycles. The Morgan fingerprint density at radius 2 is 2.11 bits per heavy atom. The Labute approximate surface area is 116 Å². The highest BCUT2D eigenvalue weighted by molar-refractivity contribution is 7.12. The standard InChI is InChI=1S/C13H17NO4S/c1-9(10(15)5-7-14(2)3)18-11-6-8-19-12(11)13(16)17-4/h5-9H,1-4H3/b7-5+. The smallest absolute Gasteiger partial charge is 0.351 e. The van der Waals surface area contributed by atoms with Crippen LogP contribution in [0.15, 0.2) is 23.7 Å². The highest BCUT2D eigenvalue weighted by Gasteiger charge is 2.19. The molecule has 0 spiro atoms. The maximum atomic E-state index is 11.8. The van der Waals surface area contributed by atoms with E-state index in [0.717, 1.165) is 0 Å². The third-order valence-electron chi connectivity index (χ3n) is 2.24. The summed E-state index contributed by atoms with van der Waals surface area (Å²) in [5.74, 6) is -0.264. The molecular weight excluding hydrogens is 266 g/mol. The van der Waals surface area contributed by atoms with Gasteiger partial charge in [-0.05, 0) is 18.4 Å². The molecule has 0 saturated heterocycles. The average Bonchev–Trinajstić information content (AvgIpc) is 2.82. The van der Waals surface area contributed by atoms with E-state index < -0.39 is 12.1 Å². The third-order valence-corrected chi connectivity index (χ3v) is 3.12. The SMILES string of the molecule is COC(=O)c1sccc1OC(C)C(=O)/C=C/N(C)C. The molecule has 1 aromatic heterocycles. The van der Waals surface area contributed by atoms with Crippen LogP contribution >= 0.6 is 11.3 Å². The summed E-state index contributed by atoms with van der Waals surface area (Å²) in [5, 5.41) is 1.72. The summed E-state index contributed by atoms with van der Waals surface area (Å²) in [6.07, 6.45) is 2.43. The van der Waals surface area contributed by atoms with Crippen LogP contribution in [0.4, 0.5) is 0 Å². The number of ether oxygens (including phenoxy) is 2. The highest BCUT2D eigenvalue weighted by Crippen LogP contribution is 2.26. The predicted octanol–water partition coefficient (Wildman–Crippen LogP) is 1.95. The van der Waals surface area contributed by atoms with Crippen LogP contribution in [0.25, 0.3) is 0 Å². The molecule has 0 aliphatic carbocycles. The maximum absolute atomic E-state index is 11.8. The normalized spacial score (nSPS) is 12.2. The van der Waals surface area contributed by atoms with E-state index in [4.69, 9.17) is 4.74 Å². The second-order valence-corrected chi connectivity index (χ2v) is 4.96. The van der Waals surface area contributed by atoms with Gasteiger partial charge in [0.1, 0.15) is 5.75 Å². The Bertz CT molecular complexity index is 479. The first-order valence-electron chi connectivity index (χ1n) is 5.66. The zero-order valence-corrected chi connectivity index (χ0v) is 12.2. The van der Waals surface area contributed by atoms with Crippen LogP contribution in [-0.2, 0) is 9.53 Å². The molecule has 1 unspecified atom stereocenters. The van der Waals surface area contributed by atoms with Crippen molar-refractivity contribution >= 4 is 23.1 Å².